The van der Waals surface area contributed by atoms with Crippen molar-refractivity contribution >= 4 is 21.7 Å². The van der Waals surface area contributed by atoms with Crippen molar-refractivity contribution in [2.75, 3.05) is 11.9 Å². The third-order valence-corrected chi connectivity index (χ3v) is 4.20. The first kappa shape index (κ1) is 13.6. The minimum absolute atomic E-state index is 0.839. The third-order valence-electron chi connectivity index (χ3n) is 3.71. The number of rotatable bonds is 3. The van der Waals surface area contributed by atoms with Crippen LogP contribution in [0, 0.1) is 6.92 Å². The molecule has 0 radical (unpaired) electrons. The monoisotopic (exact) mass is 331 g/mol. The average molecular weight is 332 g/mol. The maximum Gasteiger partial charge on any atom is 0.162 e. The molecule has 104 valence electrons. The molecule has 1 aliphatic rings. The number of benzene rings is 1. The van der Waals surface area contributed by atoms with E-state index in [2.05, 4.69) is 47.2 Å². The number of hydrogen-bond acceptors (Lipinski definition) is 3. The van der Waals surface area contributed by atoms with E-state index >= 15 is 0 Å². The van der Waals surface area contributed by atoms with Crippen LogP contribution in [0.1, 0.15) is 30.2 Å². The maximum atomic E-state index is 4.79. The number of halogens is 1. The van der Waals surface area contributed by atoms with E-state index in [1.165, 1.54) is 23.2 Å². The molecule has 1 aromatic carbocycles. The van der Waals surface area contributed by atoms with Crippen LogP contribution in [0.25, 0.3) is 11.4 Å². The van der Waals surface area contributed by atoms with Crippen molar-refractivity contribution in [3.63, 3.8) is 0 Å². The van der Waals surface area contributed by atoms with E-state index in [9.17, 15) is 0 Å². The molecule has 0 spiro atoms. The fraction of sp³-hybridized carbons (Fsp3) is 0.375. The lowest BCUT2D eigenvalue weighted by Gasteiger charge is -2.12. The molecular weight excluding hydrogens is 314 g/mol. The molecule has 4 heteroatoms. The lowest BCUT2D eigenvalue weighted by atomic mass is 10.1. The predicted octanol–water partition coefficient (Wildman–Crippen LogP) is 4.14. The normalized spacial score (nSPS) is 13.3. The second kappa shape index (κ2) is 5.52. The molecule has 0 aliphatic heterocycles. The Labute approximate surface area is 128 Å². The Hall–Kier alpha value is -1.42. The number of aromatic nitrogens is 2. The zero-order valence-electron chi connectivity index (χ0n) is 11.8. The van der Waals surface area contributed by atoms with Gasteiger partial charge in [0.05, 0.1) is 0 Å². The van der Waals surface area contributed by atoms with Gasteiger partial charge >= 0.3 is 0 Å². The summed E-state index contributed by atoms with van der Waals surface area (Å²) in [5, 5.41) is 3.39. The molecule has 0 saturated heterocycles. The zero-order valence-corrected chi connectivity index (χ0v) is 13.4. The third kappa shape index (κ3) is 2.44. The fourth-order valence-corrected chi connectivity index (χ4v) is 3.22. The van der Waals surface area contributed by atoms with Gasteiger partial charge in [0.15, 0.2) is 5.82 Å². The van der Waals surface area contributed by atoms with Crippen LogP contribution in [0.3, 0.4) is 0 Å². The topological polar surface area (TPSA) is 37.8 Å². The largest absolute Gasteiger partial charge is 0.370 e. The molecule has 0 atom stereocenters. The van der Waals surface area contributed by atoms with Gasteiger partial charge < -0.3 is 5.32 Å². The van der Waals surface area contributed by atoms with Crippen LogP contribution in [0.15, 0.2) is 22.7 Å². The van der Waals surface area contributed by atoms with Crippen molar-refractivity contribution in [3.8, 4) is 11.4 Å². The summed E-state index contributed by atoms with van der Waals surface area (Å²) in [5.74, 6) is 1.86. The van der Waals surface area contributed by atoms with E-state index in [1.807, 2.05) is 6.07 Å². The van der Waals surface area contributed by atoms with Gasteiger partial charge in [-0.2, -0.15) is 0 Å². The minimum Gasteiger partial charge on any atom is -0.370 e. The number of aryl methyl sites for hydroxylation is 2. The van der Waals surface area contributed by atoms with Crippen LogP contribution in [-0.4, -0.2) is 16.5 Å². The average Bonchev–Trinajstić information content (AvgIpc) is 2.87. The summed E-state index contributed by atoms with van der Waals surface area (Å²) < 4.78 is 1.09. The highest BCUT2D eigenvalue weighted by atomic mass is 79.9. The van der Waals surface area contributed by atoms with Gasteiger partial charge in [0.2, 0.25) is 0 Å². The number of nitrogens with one attached hydrogen (secondary N) is 1. The van der Waals surface area contributed by atoms with E-state index in [-0.39, 0.29) is 0 Å². The van der Waals surface area contributed by atoms with Gasteiger partial charge in [-0.15, -0.1) is 0 Å². The lowest BCUT2D eigenvalue weighted by Crippen LogP contribution is -2.07. The van der Waals surface area contributed by atoms with Crippen LogP contribution in [-0.2, 0) is 12.8 Å². The second-order valence-electron chi connectivity index (χ2n) is 5.16. The van der Waals surface area contributed by atoms with E-state index < -0.39 is 0 Å². The van der Waals surface area contributed by atoms with Crippen molar-refractivity contribution in [1.82, 2.24) is 9.97 Å². The summed E-state index contributed by atoms with van der Waals surface area (Å²) in [6.45, 7) is 5.10. The van der Waals surface area contributed by atoms with Crippen molar-refractivity contribution in [3.05, 3.63) is 39.5 Å². The zero-order chi connectivity index (χ0) is 14.1. The highest BCUT2D eigenvalue weighted by molar-refractivity contribution is 9.10. The molecule has 0 amide bonds. The van der Waals surface area contributed by atoms with Gasteiger partial charge in [-0.25, -0.2) is 9.97 Å². The standard InChI is InChI=1S/C16H18BrN3/c1-3-18-15-13-5-4-6-14(13)19-16(20-15)12-8-7-11(17)9-10(12)2/h7-9H,3-6H2,1-2H3,(H,18,19,20). The first-order valence-corrected chi connectivity index (χ1v) is 7.88. The minimum atomic E-state index is 0.839. The summed E-state index contributed by atoms with van der Waals surface area (Å²) in [7, 11) is 0. The first-order chi connectivity index (χ1) is 9.69. The molecule has 1 N–H and O–H groups in total. The molecule has 0 bridgehead atoms. The summed E-state index contributed by atoms with van der Waals surface area (Å²) >= 11 is 3.50. The van der Waals surface area contributed by atoms with Crippen LogP contribution in [0.2, 0.25) is 0 Å². The van der Waals surface area contributed by atoms with Crippen LogP contribution < -0.4 is 5.32 Å². The van der Waals surface area contributed by atoms with Gasteiger partial charge in [-0.3, -0.25) is 0 Å². The quantitative estimate of drug-likeness (QED) is 0.918. The van der Waals surface area contributed by atoms with Gasteiger partial charge in [0, 0.05) is 27.8 Å². The highest BCUT2D eigenvalue weighted by Crippen LogP contribution is 2.30. The summed E-state index contributed by atoms with van der Waals surface area (Å²) in [4.78, 5) is 9.55. The van der Waals surface area contributed by atoms with Crippen LogP contribution in [0.4, 0.5) is 5.82 Å². The highest BCUT2D eigenvalue weighted by Gasteiger charge is 2.20. The first-order valence-electron chi connectivity index (χ1n) is 7.09. The van der Waals surface area contributed by atoms with Gasteiger partial charge in [0.25, 0.3) is 0 Å². The number of anilines is 1. The Bertz CT molecular complexity index is 652. The van der Waals surface area contributed by atoms with Crippen LogP contribution >= 0.6 is 15.9 Å². The van der Waals surface area contributed by atoms with E-state index in [4.69, 9.17) is 9.97 Å². The fourth-order valence-electron chi connectivity index (χ4n) is 2.74. The maximum absolute atomic E-state index is 4.79. The Balaban J connectivity index is 2.12. The predicted molar refractivity (Wildman–Crippen MR) is 86.1 cm³/mol. The molecule has 1 aromatic heterocycles. The van der Waals surface area contributed by atoms with E-state index in [0.29, 0.717) is 0 Å². The van der Waals surface area contributed by atoms with Gasteiger partial charge in [-0.05, 0) is 56.9 Å². The molecule has 0 saturated carbocycles. The molecule has 20 heavy (non-hydrogen) atoms. The smallest absolute Gasteiger partial charge is 0.162 e. The Morgan fingerprint density at radius 1 is 1.25 bits per heavy atom. The van der Waals surface area contributed by atoms with Crippen LogP contribution in [0.5, 0.6) is 0 Å². The van der Waals surface area contributed by atoms with Crippen molar-refractivity contribution < 1.29 is 0 Å². The summed E-state index contributed by atoms with van der Waals surface area (Å²) in [5.41, 5.74) is 4.83. The molecular formula is C16H18BrN3. The SMILES string of the molecule is CCNc1nc(-c2ccc(Br)cc2C)nc2c1CCC2. The number of hydrogen-bond donors (Lipinski definition) is 1. The molecule has 1 aliphatic carbocycles. The summed E-state index contributed by atoms with van der Waals surface area (Å²) in [6.07, 6.45) is 3.35. The molecule has 3 nitrogen and oxygen atoms in total. The Kier molecular flexibility index (Phi) is 3.74. The van der Waals surface area contributed by atoms with Gasteiger partial charge in [-0.1, -0.05) is 15.9 Å². The Morgan fingerprint density at radius 3 is 2.85 bits per heavy atom. The Morgan fingerprint density at radius 2 is 2.10 bits per heavy atom. The molecule has 0 unspecified atom stereocenters. The van der Waals surface area contributed by atoms with Crippen molar-refractivity contribution in [2.24, 2.45) is 0 Å². The lowest BCUT2D eigenvalue weighted by molar-refractivity contribution is 0.899. The van der Waals surface area contributed by atoms with Crippen molar-refractivity contribution in [1.29, 1.82) is 0 Å². The van der Waals surface area contributed by atoms with E-state index in [1.54, 1.807) is 0 Å². The number of fused-ring (bicyclic) bond motifs is 1. The van der Waals surface area contributed by atoms with Gasteiger partial charge in [0.1, 0.15) is 5.82 Å². The number of nitrogens with zero attached hydrogens (tertiary/aromatic N) is 2. The second-order valence-corrected chi connectivity index (χ2v) is 6.08. The molecule has 0 fully saturated rings. The molecule has 1 heterocycles. The molecule has 3 rings (SSSR count). The summed E-state index contributed by atoms with van der Waals surface area (Å²) in [6, 6.07) is 6.25. The van der Waals surface area contributed by atoms with Crippen molar-refractivity contribution in [2.45, 2.75) is 33.1 Å². The molecule has 2 aromatic rings. The van der Waals surface area contributed by atoms with E-state index in [0.717, 1.165) is 41.1 Å².